The van der Waals surface area contributed by atoms with Gasteiger partial charge in [0.15, 0.2) is 12.4 Å². The van der Waals surface area contributed by atoms with Gasteiger partial charge in [-0.3, -0.25) is 14.3 Å². The van der Waals surface area contributed by atoms with Crippen molar-refractivity contribution in [1.29, 1.82) is 0 Å². The van der Waals surface area contributed by atoms with E-state index >= 15 is 0 Å². The van der Waals surface area contributed by atoms with E-state index in [2.05, 4.69) is 10.1 Å². The first-order valence-electron chi connectivity index (χ1n) is 10.3. The van der Waals surface area contributed by atoms with Gasteiger partial charge in [0.05, 0.1) is 17.9 Å². The molecular weight excluding hydrogens is 462 g/mol. The summed E-state index contributed by atoms with van der Waals surface area (Å²) in [4.78, 5) is 41.2. The second kappa shape index (κ2) is 8.96. The number of nitrogens with one attached hydrogen (secondary N) is 1. The van der Waals surface area contributed by atoms with Gasteiger partial charge in [0.1, 0.15) is 9.71 Å². The van der Waals surface area contributed by atoms with E-state index in [4.69, 9.17) is 16.3 Å². The van der Waals surface area contributed by atoms with Crippen molar-refractivity contribution in [1.82, 2.24) is 14.8 Å². The molecule has 0 radical (unpaired) electrons. The van der Waals surface area contributed by atoms with Crippen molar-refractivity contribution < 1.29 is 19.1 Å². The van der Waals surface area contributed by atoms with Crippen LogP contribution in [0.4, 0.5) is 0 Å². The lowest BCUT2D eigenvalue weighted by atomic mass is 10.1. The summed E-state index contributed by atoms with van der Waals surface area (Å²) in [5, 5.41) is 6.07. The van der Waals surface area contributed by atoms with Gasteiger partial charge in [0.25, 0.3) is 0 Å². The fourth-order valence-electron chi connectivity index (χ4n) is 3.94. The summed E-state index contributed by atoms with van der Waals surface area (Å²) in [5.74, 6) is -1.09. The third-order valence-corrected chi connectivity index (χ3v) is 6.99. The normalized spacial score (nSPS) is 11.2. The molecule has 7 nitrogen and oxygen atoms in total. The summed E-state index contributed by atoms with van der Waals surface area (Å²) in [5.41, 5.74) is 3.68. The summed E-state index contributed by atoms with van der Waals surface area (Å²) < 4.78 is 7.10. The number of carbonyl (C=O) groups excluding carboxylic acids is 3. The fraction of sp³-hybridized carbons (Fsp3) is 0.250. The summed E-state index contributed by atoms with van der Waals surface area (Å²) in [6.07, 6.45) is 0. The molecule has 0 amide bonds. The molecule has 0 saturated heterocycles. The SMILES string of the molecule is CC(=O)c1c(C)[nH]c(C(=O)COC(=O)c2cc3c(C)nn(Cc4ccccc4Cl)c3s2)c1C. The summed E-state index contributed by atoms with van der Waals surface area (Å²) in [6, 6.07) is 9.27. The van der Waals surface area contributed by atoms with Crippen molar-refractivity contribution >= 4 is 50.7 Å². The van der Waals surface area contributed by atoms with Crippen LogP contribution in [0.1, 0.15) is 60.0 Å². The van der Waals surface area contributed by atoms with Gasteiger partial charge in [-0.25, -0.2) is 4.79 Å². The van der Waals surface area contributed by atoms with E-state index in [1.54, 1.807) is 19.9 Å². The van der Waals surface area contributed by atoms with E-state index in [0.29, 0.717) is 33.3 Å². The highest BCUT2D eigenvalue weighted by atomic mass is 35.5. The van der Waals surface area contributed by atoms with Crippen molar-refractivity contribution in [2.75, 3.05) is 6.61 Å². The van der Waals surface area contributed by atoms with Gasteiger partial charge in [0, 0.05) is 21.7 Å². The van der Waals surface area contributed by atoms with Crippen LogP contribution in [0, 0.1) is 20.8 Å². The van der Waals surface area contributed by atoms with Crippen molar-refractivity contribution in [2.24, 2.45) is 0 Å². The minimum absolute atomic E-state index is 0.122. The highest BCUT2D eigenvalue weighted by Gasteiger charge is 2.22. The van der Waals surface area contributed by atoms with E-state index in [-0.39, 0.29) is 11.5 Å². The van der Waals surface area contributed by atoms with Gasteiger partial charge < -0.3 is 9.72 Å². The Morgan fingerprint density at radius 2 is 1.91 bits per heavy atom. The maximum Gasteiger partial charge on any atom is 0.348 e. The maximum atomic E-state index is 12.7. The molecule has 4 rings (SSSR count). The van der Waals surface area contributed by atoms with Gasteiger partial charge >= 0.3 is 5.97 Å². The minimum Gasteiger partial charge on any atom is -0.453 e. The predicted octanol–water partition coefficient (Wildman–Crippen LogP) is 5.30. The zero-order valence-electron chi connectivity index (χ0n) is 18.6. The van der Waals surface area contributed by atoms with E-state index in [1.807, 2.05) is 35.9 Å². The smallest absolute Gasteiger partial charge is 0.348 e. The molecule has 0 atom stereocenters. The number of aromatic nitrogens is 3. The number of rotatable bonds is 7. The number of ketones is 2. The monoisotopic (exact) mass is 483 g/mol. The number of hydrogen-bond acceptors (Lipinski definition) is 6. The molecule has 1 aromatic carbocycles. The molecule has 0 spiro atoms. The van der Waals surface area contributed by atoms with Crippen LogP contribution in [0.3, 0.4) is 0 Å². The summed E-state index contributed by atoms with van der Waals surface area (Å²) in [7, 11) is 0. The van der Waals surface area contributed by atoms with Crippen LogP contribution >= 0.6 is 22.9 Å². The Morgan fingerprint density at radius 3 is 2.58 bits per heavy atom. The lowest BCUT2D eigenvalue weighted by Crippen LogP contribution is -2.15. The number of aromatic amines is 1. The van der Waals surface area contributed by atoms with Gasteiger partial charge in [-0.1, -0.05) is 29.8 Å². The molecule has 33 heavy (non-hydrogen) atoms. The number of nitrogens with zero attached hydrogens (tertiary/aromatic N) is 2. The minimum atomic E-state index is -0.582. The van der Waals surface area contributed by atoms with Crippen molar-refractivity contribution in [2.45, 2.75) is 34.2 Å². The molecule has 3 aromatic heterocycles. The number of H-pyrrole nitrogens is 1. The Morgan fingerprint density at radius 1 is 1.18 bits per heavy atom. The highest BCUT2D eigenvalue weighted by molar-refractivity contribution is 7.20. The zero-order chi connectivity index (χ0) is 23.9. The number of esters is 1. The molecule has 4 aromatic rings. The van der Waals surface area contributed by atoms with Crippen LogP contribution in [-0.2, 0) is 11.3 Å². The van der Waals surface area contributed by atoms with Crippen LogP contribution in [0.2, 0.25) is 5.02 Å². The van der Waals surface area contributed by atoms with E-state index in [9.17, 15) is 14.4 Å². The van der Waals surface area contributed by atoms with E-state index < -0.39 is 18.4 Å². The first kappa shape index (κ1) is 22.9. The average Bonchev–Trinajstić information content (AvgIpc) is 3.41. The van der Waals surface area contributed by atoms with Crippen LogP contribution in [0.25, 0.3) is 10.2 Å². The number of thiophene rings is 1. The Balaban J connectivity index is 1.51. The molecule has 9 heteroatoms. The zero-order valence-corrected chi connectivity index (χ0v) is 20.2. The van der Waals surface area contributed by atoms with Gasteiger partial charge in [-0.05, 0) is 51.0 Å². The third kappa shape index (κ3) is 4.36. The van der Waals surface area contributed by atoms with E-state index in [0.717, 1.165) is 21.5 Å². The van der Waals surface area contributed by atoms with Crippen molar-refractivity contribution in [3.63, 3.8) is 0 Å². The van der Waals surface area contributed by atoms with E-state index in [1.165, 1.54) is 18.3 Å². The third-order valence-electron chi connectivity index (χ3n) is 5.49. The Bertz CT molecular complexity index is 1410. The lowest BCUT2D eigenvalue weighted by Gasteiger charge is -2.05. The number of hydrogen-bond donors (Lipinski definition) is 1. The van der Waals surface area contributed by atoms with Crippen molar-refractivity contribution in [3.8, 4) is 0 Å². The highest BCUT2D eigenvalue weighted by Crippen LogP contribution is 2.30. The molecular formula is C24H22ClN3O4S. The second-order valence-corrected chi connectivity index (χ2v) is 9.28. The number of aryl methyl sites for hydroxylation is 2. The number of fused-ring (bicyclic) bond motifs is 1. The summed E-state index contributed by atoms with van der Waals surface area (Å²) in [6.45, 7) is 6.82. The van der Waals surface area contributed by atoms with Gasteiger partial charge in [0.2, 0.25) is 5.78 Å². The molecule has 0 saturated carbocycles. The Hall–Kier alpha value is -3.23. The maximum absolute atomic E-state index is 12.7. The van der Waals surface area contributed by atoms with Crippen molar-refractivity contribution in [3.05, 3.63) is 74.0 Å². The molecule has 0 aliphatic carbocycles. The first-order chi connectivity index (χ1) is 15.7. The number of benzene rings is 1. The molecule has 0 aliphatic rings. The molecule has 0 fully saturated rings. The van der Waals surface area contributed by atoms with Gasteiger partial charge in [-0.2, -0.15) is 5.10 Å². The standard InChI is InChI=1S/C24H22ClN3O4S/c1-12-21(15(4)29)14(3)26-22(12)19(30)11-32-24(31)20-9-17-13(2)27-28(23(17)33-20)10-16-7-5-6-8-18(16)25/h5-9,26H,10-11H2,1-4H3. The van der Waals surface area contributed by atoms with Gasteiger partial charge in [-0.15, -0.1) is 11.3 Å². The number of halogens is 1. The van der Waals surface area contributed by atoms with Crippen LogP contribution in [-0.4, -0.2) is 38.9 Å². The van der Waals surface area contributed by atoms with Crippen LogP contribution in [0.5, 0.6) is 0 Å². The number of ether oxygens (including phenoxy) is 1. The molecule has 0 bridgehead atoms. The Labute approximate surface area is 199 Å². The topological polar surface area (TPSA) is 94.0 Å². The predicted molar refractivity (Wildman–Crippen MR) is 128 cm³/mol. The van der Waals surface area contributed by atoms with Crippen LogP contribution < -0.4 is 0 Å². The fourth-order valence-corrected chi connectivity index (χ4v) is 5.19. The average molecular weight is 484 g/mol. The van der Waals surface area contributed by atoms with Crippen LogP contribution in [0.15, 0.2) is 30.3 Å². The second-order valence-electron chi connectivity index (χ2n) is 7.84. The molecule has 170 valence electrons. The summed E-state index contributed by atoms with van der Waals surface area (Å²) >= 11 is 7.54. The molecule has 0 unspecified atom stereocenters. The Kier molecular flexibility index (Phi) is 6.23. The quantitative estimate of drug-likeness (QED) is 0.284. The number of Topliss-reactive ketones (excluding diaryl/α,β-unsaturated/α-hetero) is 2. The first-order valence-corrected chi connectivity index (χ1v) is 11.5. The lowest BCUT2D eigenvalue weighted by molar-refractivity contribution is 0.0478. The molecule has 1 N–H and O–H groups in total. The number of carbonyl (C=O) groups is 3. The molecule has 3 heterocycles. The molecule has 0 aliphatic heterocycles. The largest absolute Gasteiger partial charge is 0.453 e.